The summed E-state index contributed by atoms with van der Waals surface area (Å²) in [5, 5.41) is 5.15. The molecule has 0 aromatic heterocycles. The van der Waals surface area contributed by atoms with E-state index in [2.05, 4.69) is 15.4 Å². The number of hydrogen-bond acceptors (Lipinski definition) is 3. The van der Waals surface area contributed by atoms with Gasteiger partial charge in [0.25, 0.3) is 0 Å². The largest absolute Gasteiger partial charge is 0.573 e. The van der Waals surface area contributed by atoms with Crippen molar-refractivity contribution in [3.8, 4) is 11.5 Å². The number of carbonyl (C=O) groups is 1. The second-order valence-corrected chi connectivity index (χ2v) is 4.73. The molecule has 0 unspecified atom stereocenters. The van der Waals surface area contributed by atoms with E-state index >= 15 is 0 Å². The van der Waals surface area contributed by atoms with E-state index in [0.29, 0.717) is 11.4 Å². The number of carbonyl (C=O) groups excluding carboxylic acids is 1. The Hall–Kier alpha value is -2.90. The van der Waals surface area contributed by atoms with Gasteiger partial charge in [-0.1, -0.05) is 12.1 Å². The molecule has 0 fully saturated rings. The zero-order valence-electron chi connectivity index (χ0n) is 12.7. The molecule has 0 atom stereocenters. The second kappa shape index (κ2) is 7.58. The van der Waals surface area contributed by atoms with Crippen molar-refractivity contribution in [2.45, 2.75) is 12.9 Å². The van der Waals surface area contributed by atoms with Crippen molar-refractivity contribution < 1.29 is 27.4 Å². The van der Waals surface area contributed by atoms with E-state index in [1.807, 2.05) is 6.07 Å². The predicted molar refractivity (Wildman–Crippen MR) is 82.0 cm³/mol. The van der Waals surface area contributed by atoms with E-state index in [9.17, 15) is 18.0 Å². The van der Waals surface area contributed by atoms with Crippen molar-refractivity contribution >= 4 is 11.7 Å². The summed E-state index contributed by atoms with van der Waals surface area (Å²) >= 11 is 0. The summed E-state index contributed by atoms with van der Waals surface area (Å²) in [5.41, 5.74) is 1.19. The molecule has 2 rings (SSSR count). The number of urea groups is 1. The number of rotatable bonds is 5. The number of nitrogens with one attached hydrogen (secondary N) is 2. The molecular formula is C16H15F3N2O3. The first kappa shape index (κ1) is 17.5. The third kappa shape index (κ3) is 5.71. The van der Waals surface area contributed by atoms with Crippen LogP contribution in [0, 0.1) is 0 Å². The van der Waals surface area contributed by atoms with Crippen molar-refractivity contribution in [1.29, 1.82) is 0 Å². The minimum atomic E-state index is -4.75. The van der Waals surface area contributed by atoms with Crippen LogP contribution in [0.2, 0.25) is 0 Å². The molecule has 0 heterocycles. The van der Waals surface area contributed by atoms with Crippen LogP contribution in [0.1, 0.15) is 5.56 Å². The van der Waals surface area contributed by atoms with Gasteiger partial charge in [-0.15, -0.1) is 13.2 Å². The van der Waals surface area contributed by atoms with E-state index < -0.39 is 12.4 Å². The van der Waals surface area contributed by atoms with E-state index in [1.54, 1.807) is 25.3 Å². The average molecular weight is 340 g/mol. The lowest BCUT2D eigenvalue weighted by molar-refractivity contribution is -0.274. The Balaban J connectivity index is 1.85. The SMILES string of the molecule is COc1cccc(CNC(=O)Nc2ccc(OC(F)(F)F)cc2)c1. The van der Waals surface area contributed by atoms with Gasteiger partial charge in [0.1, 0.15) is 11.5 Å². The van der Waals surface area contributed by atoms with Crippen molar-refractivity contribution in [2.24, 2.45) is 0 Å². The number of amides is 2. The van der Waals surface area contributed by atoms with Crippen LogP contribution in [0.25, 0.3) is 0 Å². The molecule has 2 aromatic rings. The Morgan fingerprint density at radius 3 is 2.42 bits per heavy atom. The lowest BCUT2D eigenvalue weighted by atomic mass is 10.2. The van der Waals surface area contributed by atoms with Gasteiger partial charge >= 0.3 is 12.4 Å². The van der Waals surface area contributed by atoms with Crippen LogP contribution < -0.4 is 20.1 Å². The van der Waals surface area contributed by atoms with Gasteiger partial charge in [0, 0.05) is 12.2 Å². The van der Waals surface area contributed by atoms with Crippen molar-refractivity contribution in [3.63, 3.8) is 0 Å². The van der Waals surface area contributed by atoms with E-state index in [0.717, 1.165) is 17.7 Å². The molecule has 0 bridgehead atoms. The molecule has 5 nitrogen and oxygen atoms in total. The first-order chi connectivity index (χ1) is 11.4. The molecule has 0 aliphatic rings. The lowest BCUT2D eigenvalue weighted by Crippen LogP contribution is -2.28. The number of anilines is 1. The highest BCUT2D eigenvalue weighted by molar-refractivity contribution is 5.89. The molecule has 24 heavy (non-hydrogen) atoms. The van der Waals surface area contributed by atoms with Gasteiger partial charge in [-0.05, 0) is 42.0 Å². The molecular weight excluding hydrogens is 325 g/mol. The molecule has 0 saturated carbocycles. The van der Waals surface area contributed by atoms with Crippen LogP contribution in [0.15, 0.2) is 48.5 Å². The summed E-state index contributed by atoms with van der Waals surface area (Å²) in [6.45, 7) is 0.276. The zero-order valence-corrected chi connectivity index (χ0v) is 12.7. The van der Waals surface area contributed by atoms with Crippen LogP contribution in [0.3, 0.4) is 0 Å². The second-order valence-electron chi connectivity index (χ2n) is 4.73. The van der Waals surface area contributed by atoms with Crippen LogP contribution in [-0.2, 0) is 6.54 Å². The molecule has 0 spiro atoms. The molecule has 0 aliphatic heterocycles. The van der Waals surface area contributed by atoms with Crippen LogP contribution >= 0.6 is 0 Å². The fourth-order valence-corrected chi connectivity index (χ4v) is 1.88. The molecule has 2 amide bonds. The number of ether oxygens (including phenoxy) is 2. The predicted octanol–water partition coefficient (Wildman–Crippen LogP) is 3.92. The smallest absolute Gasteiger partial charge is 0.497 e. The lowest BCUT2D eigenvalue weighted by Gasteiger charge is -2.11. The van der Waals surface area contributed by atoms with Gasteiger partial charge in [0.15, 0.2) is 0 Å². The molecule has 2 aromatic carbocycles. The standard InChI is InChI=1S/C16H15F3N2O3/c1-23-14-4-2-3-11(9-14)10-20-15(22)21-12-5-7-13(8-6-12)24-16(17,18)19/h2-9H,10H2,1H3,(H2,20,21,22). The van der Waals surface area contributed by atoms with Gasteiger partial charge < -0.3 is 20.1 Å². The summed E-state index contributed by atoms with van der Waals surface area (Å²) in [4.78, 5) is 11.8. The topological polar surface area (TPSA) is 59.6 Å². The summed E-state index contributed by atoms with van der Waals surface area (Å²) in [6, 6.07) is 11.6. The molecule has 0 saturated heterocycles. The molecule has 2 N–H and O–H groups in total. The minimum absolute atomic E-state index is 0.276. The number of alkyl halides is 3. The van der Waals surface area contributed by atoms with Gasteiger partial charge in [-0.2, -0.15) is 0 Å². The number of methoxy groups -OCH3 is 1. The molecule has 0 aliphatic carbocycles. The van der Waals surface area contributed by atoms with Gasteiger partial charge in [0.2, 0.25) is 0 Å². The fraction of sp³-hybridized carbons (Fsp3) is 0.188. The number of hydrogen-bond donors (Lipinski definition) is 2. The monoisotopic (exact) mass is 340 g/mol. The third-order valence-electron chi connectivity index (χ3n) is 2.93. The Morgan fingerprint density at radius 2 is 1.79 bits per heavy atom. The summed E-state index contributed by atoms with van der Waals surface area (Å²) in [6.07, 6.45) is -4.75. The minimum Gasteiger partial charge on any atom is -0.497 e. The molecule has 8 heteroatoms. The Morgan fingerprint density at radius 1 is 1.08 bits per heavy atom. The Labute approximate surface area is 136 Å². The van der Waals surface area contributed by atoms with Gasteiger partial charge in [-0.3, -0.25) is 0 Å². The van der Waals surface area contributed by atoms with Gasteiger partial charge in [-0.25, -0.2) is 4.79 Å². The maximum atomic E-state index is 12.1. The highest BCUT2D eigenvalue weighted by atomic mass is 19.4. The highest BCUT2D eigenvalue weighted by Gasteiger charge is 2.30. The summed E-state index contributed by atoms with van der Waals surface area (Å²) in [7, 11) is 1.55. The van der Waals surface area contributed by atoms with Crippen molar-refractivity contribution in [1.82, 2.24) is 5.32 Å². The van der Waals surface area contributed by atoms with Crippen molar-refractivity contribution in [3.05, 3.63) is 54.1 Å². The summed E-state index contributed by atoms with van der Waals surface area (Å²) in [5.74, 6) is 0.319. The van der Waals surface area contributed by atoms with E-state index in [-0.39, 0.29) is 12.3 Å². The normalized spacial score (nSPS) is 10.8. The summed E-state index contributed by atoms with van der Waals surface area (Å²) < 4.78 is 45.0. The highest BCUT2D eigenvalue weighted by Crippen LogP contribution is 2.23. The molecule has 0 radical (unpaired) electrons. The van der Waals surface area contributed by atoms with Gasteiger partial charge in [0.05, 0.1) is 7.11 Å². The van der Waals surface area contributed by atoms with Crippen LogP contribution in [0.5, 0.6) is 11.5 Å². The third-order valence-corrected chi connectivity index (χ3v) is 2.93. The molecule has 128 valence electrons. The van der Waals surface area contributed by atoms with Crippen LogP contribution in [0.4, 0.5) is 23.7 Å². The number of halogens is 3. The quantitative estimate of drug-likeness (QED) is 0.867. The Bertz CT molecular complexity index is 688. The number of benzene rings is 2. The first-order valence-electron chi connectivity index (χ1n) is 6.89. The first-order valence-corrected chi connectivity index (χ1v) is 6.89. The van der Waals surface area contributed by atoms with Crippen molar-refractivity contribution in [2.75, 3.05) is 12.4 Å². The zero-order chi connectivity index (χ0) is 17.6. The van der Waals surface area contributed by atoms with E-state index in [1.165, 1.54) is 12.1 Å². The maximum Gasteiger partial charge on any atom is 0.573 e. The Kier molecular flexibility index (Phi) is 5.51. The average Bonchev–Trinajstić information content (AvgIpc) is 2.54. The van der Waals surface area contributed by atoms with Crippen LogP contribution in [-0.4, -0.2) is 19.5 Å². The van der Waals surface area contributed by atoms with E-state index in [4.69, 9.17) is 4.74 Å². The fourth-order valence-electron chi connectivity index (χ4n) is 1.88. The maximum absolute atomic E-state index is 12.1.